The maximum atomic E-state index is 11.5. The van der Waals surface area contributed by atoms with Crippen molar-refractivity contribution in [3.8, 4) is 6.07 Å². The van der Waals surface area contributed by atoms with E-state index in [0.29, 0.717) is 28.3 Å². The molecule has 0 bridgehead atoms. The number of aryl methyl sites for hydroxylation is 1. The second kappa shape index (κ2) is 5.27. The predicted molar refractivity (Wildman–Crippen MR) is 58.7 cm³/mol. The molecule has 0 saturated heterocycles. The molecule has 0 aliphatic rings. The van der Waals surface area contributed by atoms with Crippen LogP contribution < -0.4 is 5.56 Å². The van der Waals surface area contributed by atoms with Crippen LogP contribution in [0.2, 0.25) is 0 Å². The Kier molecular flexibility index (Phi) is 4.29. The van der Waals surface area contributed by atoms with E-state index in [9.17, 15) is 4.79 Å². The van der Waals surface area contributed by atoms with Gasteiger partial charge >= 0.3 is 0 Å². The summed E-state index contributed by atoms with van der Waals surface area (Å²) in [5.74, 6) is 0. The highest BCUT2D eigenvalue weighted by molar-refractivity contribution is 9.13. The number of hydrogen-bond acceptors (Lipinski definition) is 3. The Balaban J connectivity index is 2.85. The molecule has 0 N–H and O–H groups in total. The molecule has 0 unspecified atom stereocenters. The molecule has 0 spiro atoms. The van der Waals surface area contributed by atoms with Gasteiger partial charge in [-0.05, 0) is 38.3 Å². The van der Waals surface area contributed by atoms with Crippen LogP contribution >= 0.6 is 31.9 Å². The maximum absolute atomic E-state index is 11.5. The van der Waals surface area contributed by atoms with Crippen LogP contribution in [-0.2, 0) is 6.54 Å². The number of halogens is 2. The van der Waals surface area contributed by atoms with Crippen LogP contribution in [0.3, 0.4) is 0 Å². The van der Waals surface area contributed by atoms with Gasteiger partial charge in [0.25, 0.3) is 5.56 Å². The third kappa shape index (κ3) is 2.66. The summed E-state index contributed by atoms with van der Waals surface area (Å²) in [5.41, 5.74) is -0.183. The molecule has 0 saturated carbocycles. The fourth-order valence-corrected chi connectivity index (χ4v) is 1.48. The SMILES string of the molecule is N#CCCCn1ncc(Br)c(Br)c1=O. The molecule has 74 valence electrons. The van der Waals surface area contributed by atoms with Crippen molar-refractivity contribution < 1.29 is 0 Å². The predicted octanol–water partition coefficient (Wildman–Crippen LogP) is 2.07. The van der Waals surface area contributed by atoms with Crippen molar-refractivity contribution in [1.82, 2.24) is 9.78 Å². The van der Waals surface area contributed by atoms with E-state index in [1.165, 1.54) is 4.68 Å². The molecule has 1 heterocycles. The third-order valence-corrected chi connectivity index (χ3v) is 3.50. The molecule has 4 nitrogen and oxygen atoms in total. The van der Waals surface area contributed by atoms with Gasteiger partial charge in [0.1, 0.15) is 4.47 Å². The van der Waals surface area contributed by atoms with Gasteiger partial charge in [0.15, 0.2) is 0 Å². The van der Waals surface area contributed by atoms with Gasteiger partial charge in [-0.15, -0.1) is 0 Å². The fraction of sp³-hybridized carbons (Fsp3) is 0.375. The van der Waals surface area contributed by atoms with Gasteiger partial charge in [-0.1, -0.05) is 0 Å². The molecule has 0 aromatic carbocycles. The van der Waals surface area contributed by atoms with Gasteiger partial charge in [-0.3, -0.25) is 4.79 Å². The summed E-state index contributed by atoms with van der Waals surface area (Å²) in [5, 5.41) is 12.3. The molecule has 0 aliphatic heterocycles. The summed E-state index contributed by atoms with van der Waals surface area (Å²) in [7, 11) is 0. The van der Waals surface area contributed by atoms with E-state index in [-0.39, 0.29) is 5.56 Å². The summed E-state index contributed by atoms with van der Waals surface area (Å²) in [6, 6.07) is 2.02. The second-order valence-electron chi connectivity index (χ2n) is 2.60. The summed E-state index contributed by atoms with van der Waals surface area (Å²) < 4.78 is 2.44. The Morgan fingerprint density at radius 2 is 2.29 bits per heavy atom. The quantitative estimate of drug-likeness (QED) is 0.801. The van der Waals surface area contributed by atoms with E-state index in [1.807, 2.05) is 6.07 Å². The first kappa shape index (κ1) is 11.4. The Morgan fingerprint density at radius 3 is 2.93 bits per heavy atom. The smallest absolute Gasteiger partial charge is 0.266 e. The van der Waals surface area contributed by atoms with E-state index in [2.05, 4.69) is 37.0 Å². The average molecular weight is 321 g/mol. The molecule has 1 aromatic heterocycles. The minimum absolute atomic E-state index is 0.183. The number of rotatable bonds is 3. The number of aromatic nitrogens is 2. The summed E-state index contributed by atoms with van der Waals surface area (Å²) in [6.07, 6.45) is 2.62. The fourth-order valence-electron chi connectivity index (χ4n) is 0.912. The Bertz CT molecular complexity index is 422. The highest BCUT2D eigenvalue weighted by atomic mass is 79.9. The molecule has 6 heteroatoms. The molecule has 1 aromatic rings. The first-order chi connectivity index (χ1) is 6.66. The lowest BCUT2D eigenvalue weighted by molar-refractivity contribution is 0.550. The largest absolute Gasteiger partial charge is 0.282 e. The maximum Gasteiger partial charge on any atom is 0.282 e. The number of nitriles is 1. The van der Waals surface area contributed by atoms with Crippen LogP contribution in [0.5, 0.6) is 0 Å². The molecule has 0 fully saturated rings. The number of nitrogens with zero attached hydrogens (tertiary/aromatic N) is 3. The Hall–Kier alpha value is -0.670. The Labute approximate surface area is 97.8 Å². The van der Waals surface area contributed by atoms with Crippen molar-refractivity contribution >= 4 is 31.9 Å². The highest BCUT2D eigenvalue weighted by Gasteiger charge is 2.05. The van der Waals surface area contributed by atoms with E-state index in [0.717, 1.165) is 0 Å². The molecule has 1 rings (SSSR count). The minimum Gasteiger partial charge on any atom is -0.266 e. The molecule has 0 atom stereocenters. The van der Waals surface area contributed by atoms with Crippen LogP contribution in [0, 0.1) is 11.3 Å². The zero-order chi connectivity index (χ0) is 10.6. The second-order valence-corrected chi connectivity index (χ2v) is 4.24. The minimum atomic E-state index is -0.183. The van der Waals surface area contributed by atoms with Gasteiger partial charge in [-0.25, -0.2) is 4.68 Å². The number of unbranched alkanes of at least 4 members (excludes halogenated alkanes) is 1. The van der Waals surface area contributed by atoms with Crippen LogP contribution in [0.1, 0.15) is 12.8 Å². The highest BCUT2D eigenvalue weighted by Crippen LogP contribution is 2.16. The lowest BCUT2D eigenvalue weighted by Gasteiger charge is -2.03. The van der Waals surface area contributed by atoms with E-state index in [4.69, 9.17) is 5.26 Å². The van der Waals surface area contributed by atoms with E-state index >= 15 is 0 Å². The summed E-state index contributed by atoms with van der Waals surface area (Å²) >= 11 is 6.34. The monoisotopic (exact) mass is 319 g/mol. The van der Waals surface area contributed by atoms with Crippen LogP contribution in [-0.4, -0.2) is 9.78 Å². The van der Waals surface area contributed by atoms with Crippen LogP contribution in [0.4, 0.5) is 0 Å². The Morgan fingerprint density at radius 1 is 1.57 bits per heavy atom. The standard InChI is InChI=1S/C8H7Br2N3O/c9-6-5-12-13(4-2-1-3-11)8(14)7(6)10/h5H,1-2,4H2. The van der Waals surface area contributed by atoms with Crippen molar-refractivity contribution in [2.45, 2.75) is 19.4 Å². The molecular formula is C8H7Br2N3O. The summed E-state index contributed by atoms with van der Waals surface area (Å²) in [4.78, 5) is 11.5. The first-order valence-electron chi connectivity index (χ1n) is 3.95. The average Bonchev–Trinajstić information content (AvgIpc) is 2.18. The molecule has 0 amide bonds. The van der Waals surface area contributed by atoms with Crippen molar-refractivity contribution in [3.05, 3.63) is 25.5 Å². The van der Waals surface area contributed by atoms with Crippen LogP contribution in [0.15, 0.2) is 19.9 Å². The zero-order valence-electron chi connectivity index (χ0n) is 7.20. The third-order valence-electron chi connectivity index (χ3n) is 1.60. The van der Waals surface area contributed by atoms with Crippen LogP contribution in [0.25, 0.3) is 0 Å². The lowest BCUT2D eigenvalue weighted by atomic mass is 10.3. The van der Waals surface area contributed by atoms with Crippen molar-refractivity contribution in [3.63, 3.8) is 0 Å². The van der Waals surface area contributed by atoms with Crippen molar-refractivity contribution in [2.75, 3.05) is 0 Å². The van der Waals surface area contributed by atoms with Gasteiger partial charge in [-0.2, -0.15) is 10.4 Å². The topological polar surface area (TPSA) is 58.7 Å². The van der Waals surface area contributed by atoms with E-state index in [1.54, 1.807) is 6.20 Å². The molecule has 0 aliphatic carbocycles. The van der Waals surface area contributed by atoms with Gasteiger partial charge < -0.3 is 0 Å². The summed E-state index contributed by atoms with van der Waals surface area (Å²) in [6.45, 7) is 0.471. The van der Waals surface area contributed by atoms with Crippen molar-refractivity contribution in [2.24, 2.45) is 0 Å². The molecular weight excluding hydrogens is 314 g/mol. The first-order valence-corrected chi connectivity index (χ1v) is 5.53. The van der Waals surface area contributed by atoms with Gasteiger partial charge in [0, 0.05) is 13.0 Å². The van der Waals surface area contributed by atoms with Crippen molar-refractivity contribution in [1.29, 1.82) is 5.26 Å². The normalized spacial score (nSPS) is 9.79. The lowest BCUT2D eigenvalue weighted by Crippen LogP contribution is -2.23. The molecule has 0 radical (unpaired) electrons. The van der Waals surface area contributed by atoms with Gasteiger partial charge in [0.05, 0.1) is 16.7 Å². The van der Waals surface area contributed by atoms with Gasteiger partial charge in [0.2, 0.25) is 0 Å². The number of hydrogen-bond donors (Lipinski definition) is 0. The molecule has 14 heavy (non-hydrogen) atoms. The zero-order valence-corrected chi connectivity index (χ0v) is 10.4. The van der Waals surface area contributed by atoms with E-state index < -0.39 is 0 Å².